The molecular weight excluding hydrogens is 340 g/mol. The molecule has 0 aliphatic rings. The summed E-state index contributed by atoms with van der Waals surface area (Å²) in [5.41, 5.74) is 3.91. The summed E-state index contributed by atoms with van der Waals surface area (Å²) in [5.74, 6) is 0.282. The molecule has 132 valence electrons. The van der Waals surface area contributed by atoms with Crippen molar-refractivity contribution in [2.45, 2.75) is 30.4 Å². The molecule has 3 heteroatoms. The number of hydrogen-bond donors (Lipinski definition) is 0. The van der Waals surface area contributed by atoms with E-state index >= 15 is 0 Å². The fraction of sp³-hybridized carbons (Fsp3) is 0.174. The van der Waals surface area contributed by atoms with Gasteiger partial charge in [-0.25, -0.2) is 0 Å². The predicted molar refractivity (Wildman–Crippen MR) is 108 cm³/mol. The zero-order valence-corrected chi connectivity index (χ0v) is 15.8. The van der Waals surface area contributed by atoms with Crippen molar-refractivity contribution in [3.63, 3.8) is 0 Å². The zero-order chi connectivity index (χ0) is 18.4. The lowest BCUT2D eigenvalue weighted by atomic mass is 10.0. The molecule has 1 unspecified atom stereocenters. The van der Waals surface area contributed by atoms with Crippen LogP contribution in [0.15, 0.2) is 83.8 Å². The number of carbonyl (C=O) groups is 1. The maximum Gasteiger partial charge on any atom is 0.308 e. The largest absolute Gasteiger partial charge is 0.427 e. The van der Waals surface area contributed by atoms with Crippen LogP contribution in [0.1, 0.15) is 28.9 Å². The lowest BCUT2D eigenvalue weighted by Gasteiger charge is -2.18. The standard InChI is InChI=1S/C23H22O2S/c1-17-7-6-10-20(15-17)23(16-19-8-4-3-5-9-19)26-22-13-11-21(12-14-22)25-18(2)24/h3-15,23H,16H2,1-2H3. The van der Waals surface area contributed by atoms with Gasteiger partial charge in [0.25, 0.3) is 0 Å². The fourth-order valence-corrected chi connectivity index (χ4v) is 4.02. The van der Waals surface area contributed by atoms with E-state index in [1.54, 1.807) is 0 Å². The van der Waals surface area contributed by atoms with Gasteiger partial charge in [0.15, 0.2) is 0 Å². The molecule has 3 rings (SSSR count). The SMILES string of the molecule is CC(=O)Oc1ccc(SC(Cc2ccccc2)c2cccc(C)c2)cc1. The molecule has 2 nitrogen and oxygen atoms in total. The van der Waals surface area contributed by atoms with E-state index < -0.39 is 0 Å². The van der Waals surface area contributed by atoms with Crippen molar-refractivity contribution in [3.8, 4) is 5.75 Å². The molecule has 0 aliphatic carbocycles. The number of hydrogen-bond acceptors (Lipinski definition) is 3. The predicted octanol–water partition coefficient (Wildman–Crippen LogP) is 6.00. The van der Waals surface area contributed by atoms with Crippen LogP contribution in [0.3, 0.4) is 0 Å². The van der Waals surface area contributed by atoms with Gasteiger partial charge >= 0.3 is 5.97 Å². The molecule has 0 spiro atoms. The average molecular weight is 362 g/mol. The molecule has 0 radical (unpaired) electrons. The maximum atomic E-state index is 11.1. The Morgan fingerprint density at radius 3 is 2.35 bits per heavy atom. The fourth-order valence-electron chi connectivity index (χ4n) is 2.84. The Kier molecular flexibility index (Phi) is 6.13. The van der Waals surface area contributed by atoms with Gasteiger partial charge < -0.3 is 4.74 Å². The molecule has 0 N–H and O–H groups in total. The van der Waals surface area contributed by atoms with Crippen molar-refractivity contribution < 1.29 is 9.53 Å². The molecule has 0 saturated carbocycles. The molecule has 3 aromatic carbocycles. The third kappa shape index (κ3) is 5.24. The second-order valence-corrected chi connectivity index (χ2v) is 7.55. The molecular formula is C23H22O2S. The van der Waals surface area contributed by atoms with E-state index in [1.165, 1.54) is 23.6 Å². The smallest absolute Gasteiger partial charge is 0.308 e. The van der Waals surface area contributed by atoms with Crippen molar-refractivity contribution in [2.75, 3.05) is 0 Å². The highest BCUT2D eigenvalue weighted by Gasteiger charge is 2.15. The van der Waals surface area contributed by atoms with Crippen LogP contribution < -0.4 is 4.74 Å². The van der Waals surface area contributed by atoms with Gasteiger partial charge in [0.2, 0.25) is 0 Å². The van der Waals surface area contributed by atoms with Crippen LogP contribution in [0.5, 0.6) is 5.75 Å². The third-order valence-corrected chi connectivity index (χ3v) is 5.31. The summed E-state index contributed by atoms with van der Waals surface area (Å²) in [4.78, 5) is 12.2. The minimum atomic E-state index is -0.299. The normalized spacial score (nSPS) is 11.8. The van der Waals surface area contributed by atoms with Crippen LogP contribution >= 0.6 is 11.8 Å². The number of benzene rings is 3. The topological polar surface area (TPSA) is 26.3 Å². The van der Waals surface area contributed by atoms with Gasteiger partial charge in [0.05, 0.1) is 0 Å². The molecule has 0 fully saturated rings. The van der Waals surface area contributed by atoms with E-state index in [2.05, 4.69) is 55.5 Å². The van der Waals surface area contributed by atoms with Crippen molar-refractivity contribution in [1.29, 1.82) is 0 Å². The monoisotopic (exact) mass is 362 g/mol. The highest BCUT2D eigenvalue weighted by atomic mass is 32.2. The van der Waals surface area contributed by atoms with Gasteiger partial charge in [0.1, 0.15) is 5.75 Å². The number of aryl methyl sites for hydroxylation is 1. The van der Waals surface area contributed by atoms with Crippen molar-refractivity contribution in [1.82, 2.24) is 0 Å². The maximum absolute atomic E-state index is 11.1. The lowest BCUT2D eigenvalue weighted by Crippen LogP contribution is -2.01. The van der Waals surface area contributed by atoms with Crippen molar-refractivity contribution in [2.24, 2.45) is 0 Å². The van der Waals surface area contributed by atoms with Crippen LogP contribution in [0.4, 0.5) is 0 Å². The number of thioether (sulfide) groups is 1. The van der Waals surface area contributed by atoms with Crippen LogP contribution in [0, 0.1) is 6.92 Å². The Morgan fingerprint density at radius 1 is 0.962 bits per heavy atom. The Labute approximate surface area is 159 Å². The number of carbonyl (C=O) groups excluding carboxylic acids is 1. The first kappa shape index (κ1) is 18.3. The van der Waals surface area contributed by atoms with Gasteiger partial charge in [-0.05, 0) is 48.7 Å². The Bertz CT molecular complexity index is 857. The summed E-state index contributed by atoms with van der Waals surface area (Å²) in [6, 6.07) is 27.0. The summed E-state index contributed by atoms with van der Waals surface area (Å²) < 4.78 is 5.12. The molecule has 26 heavy (non-hydrogen) atoms. The zero-order valence-electron chi connectivity index (χ0n) is 15.0. The van der Waals surface area contributed by atoms with Crippen LogP contribution in [-0.2, 0) is 11.2 Å². The molecule has 0 amide bonds. The van der Waals surface area contributed by atoms with Crippen molar-refractivity contribution in [3.05, 3.63) is 95.6 Å². The molecule has 3 aromatic rings. The second-order valence-electron chi connectivity index (χ2n) is 6.28. The van der Waals surface area contributed by atoms with Gasteiger partial charge in [-0.3, -0.25) is 4.79 Å². The quantitative estimate of drug-likeness (QED) is 0.306. The first-order chi connectivity index (χ1) is 12.6. The Hall–Kier alpha value is -2.52. The number of ether oxygens (including phenoxy) is 1. The first-order valence-electron chi connectivity index (χ1n) is 8.66. The van der Waals surface area contributed by atoms with E-state index in [-0.39, 0.29) is 5.97 Å². The Morgan fingerprint density at radius 2 is 1.69 bits per heavy atom. The minimum Gasteiger partial charge on any atom is -0.427 e. The average Bonchev–Trinajstić information content (AvgIpc) is 2.63. The van der Waals surface area contributed by atoms with Crippen molar-refractivity contribution >= 4 is 17.7 Å². The van der Waals surface area contributed by atoms with E-state index in [1.807, 2.05) is 42.1 Å². The summed E-state index contributed by atoms with van der Waals surface area (Å²) in [6.07, 6.45) is 0.959. The molecule has 0 aromatic heterocycles. The number of rotatable bonds is 6. The summed E-state index contributed by atoms with van der Waals surface area (Å²) in [6.45, 7) is 3.54. The molecule has 0 bridgehead atoms. The van der Waals surface area contributed by atoms with Gasteiger partial charge in [-0.15, -0.1) is 11.8 Å². The molecule has 1 atom stereocenters. The van der Waals surface area contributed by atoms with E-state index in [0.717, 1.165) is 11.3 Å². The lowest BCUT2D eigenvalue weighted by molar-refractivity contribution is -0.131. The van der Waals surface area contributed by atoms with Crippen LogP contribution in [-0.4, -0.2) is 5.97 Å². The second kappa shape index (κ2) is 8.72. The molecule has 0 heterocycles. The first-order valence-corrected chi connectivity index (χ1v) is 9.54. The highest BCUT2D eigenvalue weighted by Crippen LogP contribution is 2.38. The van der Waals surface area contributed by atoms with E-state index in [9.17, 15) is 4.79 Å². The summed E-state index contributed by atoms with van der Waals surface area (Å²) in [7, 11) is 0. The van der Waals surface area contributed by atoms with Gasteiger partial charge in [-0.2, -0.15) is 0 Å². The summed E-state index contributed by atoms with van der Waals surface area (Å²) >= 11 is 1.83. The van der Waals surface area contributed by atoms with Crippen LogP contribution in [0.25, 0.3) is 0 Å². The molecule has 0 aliphatic heterocycles. The molecule has 0 saturated heterocycles. The Balaban J connectivity index is 1.82. The van der Waals surface area contributed by atoms with E-state index in [4.69, 9.17) is 4.74 Å². The number of esters is 1. The van der Waals surface area contributed by atoms with Gasteiger partial charge in [0, 0.05) is 17.1 Å². The third-order valence-electron chi connectivity index (χ3n) is 4.04. The van der Waals surface area contributed by atoms with Gasteiger partial charge in [-0.1, -0.05) is 60.2 Å². The minimum absolute atomic E-state index is 0.299. The highest BCUT2D eigenvalue weighted by molar-refractivity contribution is 7.99. The summed E-state index contributed by atoms with van der Waals surface area (Å²) in [5, 5.41) is 0.317. The van der Waals surface area contributed by atoms with Crippen LogP contribution in [0.2, 0.25) is 0 Å². The van der Waals surface area contributed by atoms with E-state index in [0.29, 0.717) is 11.0 Å².